The summed E-state index contributed by atoms with van der Waals surface area (Å²) in [7, 11) is 0. The van der Waals surface area contributed by atoms with Crippen molar-refractivity contribution in [2.45, 2.75) is 77.2 Å². The van der Waals surface area contributed by atoms with Gasteiger partial charge in [-0.1, -0.05) is 6.92 Å². The lowest BCUT2D eigenvalue weighted by Crippen LogP contribution is -2.56. The van der Waals surface area contributed by atoms with E-state index in [1.165, 1.54) is 0 Å². The molecule has 20 heavy (non-hydrogen) atoms. The predicted molar refractivity (Wildman–Crippen MR) is 76.2 cm³/mol. The van der Waals surface area contributed by atoms with E-state index in [9.17, 15) is 9.59 Å². The summed E-state index contributed by atoms with van der Waals surface area (Å²) in [5, 5.41) is 2.88. The fourth-order valence-electron chi connectivity index (χ4n) is 3.05. The number of rotatable bonds is 3. The highest BCUT2D eigenvalue weighted by Gasteiger charge is 2.42. The zero-order valence-electron chi connectivity index (χ0n) is 12.9. The molecule has 0 spiro atoms. The number of amides is 2. The Morgan fingerprint density at radius 3 is 2.60 bits per heavy atom. The van der Waals surface area contributed by atoms with E-state index in [1.807, 2.05) is 25.7 Å². The first-order chi connectivity index (χ1) is 9.35. The normalized spacial score (nSPS) is 38.8. The summed E-state index contributed by atoms with van der Waals surface area (Å²) in [6.07, 6.45) is 3.37. The van der Waals surface area contributed by atoms with E-state index in [2.05, 4.69) is 12.2 Å². The highest BCUT2D eigenvalue weighted by molar-refractivity contribution is 5.93. The van der Waals surface area contributed by atoms with E-state index in [4.69, 9.17) is 4.74 Å². The monoisotopic (exact) mass is 282 g/mol. The quantitative estimate of drug-likeness (QED) is 0.852. The molecule has 2 heterocycles. The molecule has 0 aromatic heterocycles. The maximum atomic E-state index is 12.8. The lowest BCUT2D eigenvalue weighted by atomic mass is 9.97. The van der Waals surface area contributed by atoms with Crippen LogP contribution in [0, 0.1) is 0 Å². The van der Waals surface area contributed by atoms with Crippen molar-refractivity contribution in [1.29, 1.82) is 0 Å². The fourth-order valence-corrected chi connectivity index (χ4v) is 3.05. The molecule has 4 unspecified atom stereocenters. The topological polar surface area (TPSA) is 58.6 Å². The minimum Gasteiger partial charge on any atom is -0.373 e. The van der Waals surface area contributed by atoms with Crippen molar-refractivity contribution < 1.29 is 14.3 Å². The van der Waals surface area contributed by atoms with Gasteiger partial charge in [0.25, 0.3) is 0 Å². The molecular formula is C15H26N2O3. The van der Waals surface area contributed by atoms with Gasteiger partial charge in [-0.25, -0.2) is 0 Å². The van der Waals surface area contributed by atoms with Gasteiger partial charge in [-0.2, -0.15) is 0 Å². The molecule has 4 atom stereocenters. The van der Waals surface area contributed by atoms with Crippen LogP contribution in [0.25, 0.3) is 0 Å². The smallest absolute Gasteiger partial charge is 0.248 e. The third kappa shape index (κ3) is 2.97. The third-order valence-electron chi connectivity index (χ3n) is 4.59. The van der Waals surface area contributed by atoms with E-state index in [0.717, 1.165) is 12.8 Å². The second-order valence-electron chi connectivity index (χ2n) is 6.39. The van der Waals surface area contributed by atoms with Crippen LogP contribution in [0.15, 0.2) is 0 Å². The van der Waals surface area contributed by atoms with Crippen molar-refractivity contribution in [2.24, 2.45) is 0 Å². The van der Waals surface area contributed by atoms with Crippen LogP contribution < -0.4 is 5.32 Å². The van der Waals surface area contributed by atoms with E-state index in [1.54, 1.807) is 0 Å². The van der Waals surface area contributed by atoms with E-state index in [-0.39, 0.29) is 30.1 Å². The SMILES string of the molecule is CCC1(C)NC(=O)CC(C)N(CC2CCC(C)O2)C1=O. The van der Waals surface area contributed by atoms with Gasteiger partial charge in [-0.3, -0.25) is 9.59 Å². The van der Waals surface area contributed by atoms with Crippen molar-refractivity contribution in [3.63, 3.8) is 0 Å². The standard InChI is InChI=1S/C15H26N2O3/c1-5-15(4)14(19)17(10(2)8-13(18)16-15)9-12-7-6-11(3)20-12/h10-12H,5-9H2,1-4H3,(H,16,18). The molecule has 2 aliphatic rings. The molecule has 0 aliphatic carbocycles. The van der Waals surface area contributed by atoms with Gasteiger partial charge in [0.1, 0.15) is 5.54 Å². The minimum atomic E-state index is -0.786. The van der Waals surface area contributed by atoms with E-state index >= 15 is 0 Å². The van der Waals surface area contributed by atoms with Gasteiger partial charge in [-0.05, 0) is 40.0 Å². The first kappa shape index (κ1) is 15.3. The van der Waals surface area contributed by atoms with Gasteiger partial charge in [-0.15, -0.1) is 0 Å². The van der Waals surface area contributed by atoms with E-state index in [0.29, 0.717) is 19.4 Å². The number of carbonyl (C=O) groups is 2. The summed E-state index contributed by atoms with van der Waals surface area (Å²) >= 11 is 0. The van der Waals surface area contributed by atoms with Crippen LogP contribution in [0.5, 0.6) is 0 Å². The maximum absolute atomic E-state index is 12.8. The number of hydrogen-bond donors (Lipinski definition) is 1. The van der Waals surface area contributed by atoms with Crippen LogP contribution in [0.2, 0.25) is 0 Å². The second-order valence-corrected chi connectivity index (χ2v) is 6.39. The Kier molecular flexibility index (Phi) is 4.37. The third-order valence-corrected chi connectivity index (χ3v) is 4.59. The van der Waals surface area contributed by atoms with E-state index < -0.39 is 5.54 Å². The van der Waals surface area contributed by atoms with Crippen LogP contribution in [-0.2, 0) is 14.3 Å². The molecule has 114 valence electrons. The number of nitrogens with zero attached hydrogens (tertiary/aromatic N) is 1. The average Bonchev–Trinajstić information content (AvgIpc) is 2.76. The molecule has 2 saturated heterocycles. The molecule has 2 fully saturated rings. The predicted octanol–water partition coefficient (Wildman–Crippen LogP) is 1.46. The molecule has 1 N–H and O–H groups in total. The Balaban J connectivity index is 2.15. The zero-order valence-corrected chi connectivity index (χ0v) is 12.9. The van der Waals surface area contributed by atoms with Crippen molar-refractivity contribution in [2.75, 3.05) is 6.54 Å². The highest BCUT2D eigenvalue weighted by atomic mass is 16.5. The Morgan fingerprint density at radius 1 is 1.35 bits per heavy atom. The Morgan fingerprint density at radius 2 is 2.05 bits per heavy atom. The van der Waals surface area contributed by atoms with Gasteiger partial charge < -0.3 is 15.0 Å². The number of hydrogen-bond acceptors (Lipinski definition) is 3. The second kappa shape index (κ2) is 5.72. The van der Waals surface area contributed by atoms with Crippen molar-refractivity contribution in [3.05, 3.63) is 0 Å². The molecule has 0 aromatic carbocycles. The van der Waals surface area contributed by atoms with Crippen LogP contribution >= 0.6 is 0 Å². The van der Waals surface area contributed by atoms with Gasteiger partial charge in [0, 0.05) is 19.0 Å². The van der Waals surface area contributed by atoms with Gasteiger partial charge in [0.05, 0.1) is 12.2 Å². The molecule has 5 heteroatoms. The van der Waals surface area contributed by atoms with Crippen molar-refractivity contribution in [3.8, 4) is 0 Å². The van der Waals surface area contributed by atoms with Crippen LogP contribution in [0.3, 0.4) is 0 Å². The molecule has 2 rings (SSSR count). The van der Waals surface area contributed by atoms with Crippen molar-refractivity contribution in [1.82, 2.24) is 10.2 Å². The molecule has 0 aromatic rings. The van der Waals surface area contributed by atoms with Crippen LogP contribution in [0.1, 0.15) is 53.4 Å². The fraction of sp³-hybridized carbons (Fsp3) is 0.867. The van der Waals surface area contributed by atoms with Gasteiger partial charge >= 0.3 is 0 Å². The summed E-state index contributed by atoms with van der Waals surface area (Å²) in [5.41, 5.74) is -0.786. The first-order valence-corrected chi connectivity index (χ1v) is 7.63. The number of carbonyl (C=O) groups excluding carboxylic acids is 2. The summed E-state index contributed by atoms with van der Waals surface area (Å²) in [5.74, 6) is -0.0279. The largest absolute Gasteiger partial charge is 0.373 e. The van der Waals surface area contributed by atoms with Gasteiger partial charge in [0.15, 0.2) is 0 Å². The Bertz CT molecular complexity index is 399. The molecule has 0 bridgehead atoms. The summed E-state index contributed by atoms with van der Waals surface area (Å²) < 4.78 is 5.83. The number of ether oxygens (including phenoxy) is 1. The molecular weight excluding hydrogens is 256 g/mol. The maximum Gasteiger partial charge on any atom is 0.248 e. The van der Waals surface area contributed by atoms with Crippen LogP contribution in [0.4, 0.5) is 0 Å². The molecule has 0 saturated carbocycles. The minimum absolute atomic E-state index is 0.0153. The molecule has 2 aliphatic heterocycles. The highest BCUT2D eigenvalue weighted by Crippen LogP contribution is 2.25. The number of nitrogens with one attached hydrogen (secondary N) is 1. The van der Waals surface area contributed by atoms with Crippen LogP contribution in [-0.4, -0.2) is 47.0 Å². The summed E-state index contributed by atoms with van der Waals surface area (Å²) in [6, 6.07) is -0.0737. The lowest BCUT2D eigenvalue weighted by molar-refractivity contribution is -0.141. The first-order valence-electron chi connectivity index (χ1n) is 7.63. The average molecular weight is 282 g/mol. The summed E-state index contributed by atoms with van der Waals surface area (Å²) in [6.45, 7) is 8.35. The Labute approximate surface area is 121 Å². The Hall–Kier alpha value is -1.10. The molecule has 2 amide bonds. The molecule has 0 radical (unpaired) electrons. The zero-order chi connectivity index (χ0) is 14.9. The van der Waals surface area contributed by atoms with Crippen molar-refractivity contribution >= 4 is 11.8 Å². The molecule has 5 nitrogen and oxygen atoms in total. The lowest BCUT2D eigenvalue weighted by Gasteiger charge is -2.35. The van der Waals surface area contributed by atoms with Gasteiger partial charge in [0.2, 0.25) is 11.8 Å². The summed E-state index contributed by atoms with van der Waals surface area (Å²) in [4.78, 5) is 26.5.